The second-order valence-electron chi connectivity index (χ2n) is 3.56. The van der Waals surface area contributed by atoms with Crippen LogP contribution in [0.3, 0.4) is 0 Å². The molecule has 1 unspecified atom stereocenters. The minimum absolute atomic E-state index is 0.139. The molecule has 1 aliphatic rings. The van der Waals surface area contributed by atoms with E-state index in [1.807, 2.05) is 0 Å². The van der Waals surface area contributed by atoms with Crippen molar-refractivity contribution in [2.24, 2.45) is 5.92 Å². The zero-order valence-electron chi connectivity index (χ0n) is 8.16. The molecular weight excluding hydrogens is 181 g/mol. The number of amides is 2. The number of hydrogen-bond donors (Lipinski definition) is 0. The molecule has 0 aromatic carbocycles. The van der Waals surface area contributed by atoms with Gasteiger partial charge >= 0.3 is 0 Å². The summed E-state index contributed by atoms with van der Waals surface area (Å²) in [5.74, 6) is -0.498. The molecule has 5 heteroatoms. The molecule has 74 valence electrons. The van der Waals surface area contributed by atoms with Crippen LogP contribution in [0.2, 0.25) is 0 Å². The predicted octanol–water partition coefficient (Wildman–Crippen LogP) is -0.143. The second kappa shape index (κ2) is 4.40. The molecule has 1 heterocycles. The Labute approximate surface area is 84.0 Å². The average Bonchev–Trinajstić information content (AvgIpc) is 2.31. The number of imide groups is 1. The standard InChI is InChI=1S/C9H12BNO3/c1-6-5-8(13)11(9(6)14)4-2-3-7(10)12/h6H,2-5H2,1H3. The zero-order chi connectivity index (χ0) is 10.7. The molecule has 1 rings (SSSR count). The van der Waals surface area contributed by atoms with Gasteiger partial charge in [0.2, 0.25) is 11.8 Å². The third-order valence-electron chi connectivity index (χ3n) is 2.27. The number of rotatable bonds is 4. The topological polar surface area (TPSA) is 54.5 Å². The van der Waals surface area contributed by atoms with E-state index in [0.717, 1.165) is 0 Å². The van der Waals surface area contributed by atoms with Crippen LogP contribution in [-0.2, 0) is 14.4 Å². The van der Waals surface area contributed by atoms with Crippen molar-refractivity contribution >= 4 is 25.3 Å². The average molecular weight is 193 g/mol. The summed E-state index contributed by atoms with van der Waals surface area (Å²) in [6.45, 7) is 2.04. The van der Waals surface area contributed by atoms with E-state index in [1.54, 1.807) is 6.92 Å². The molecule has 1 aliphatic heterocycles. The van der Waals surface area contributed by atoms with Crippen LogP contribution in [0.15, 0.2) is 0 Å². The second-order valence-corrected chi connectivity index (χ2v) is 3.56. The van der Waals surface area contributed by atoms with Gasteiger partial charge in [0.15, 0.2) is 7.85 Å². The third-order valence-corrected chi connectivity index (χ3v) is 2.27. The van der Waals surface area contributed by atoms with Gasteiger partial charge in [0, 0.05) is 18.9 Å². The summed E-state index contributed by atoms with van der Waals surface area (Å²) >= 11 is 0. The van der Waals surface area contributed by atoms with Gasteiger partial charge in [-0.05, 0) is 12.8 Å². The fourth-order valence-corrected chi connectivity index (χ4v) is 1.49. The summed E-state index contributed by atoms with van der Waals surface area (Å²) in [5.41, 5.74) is -0.405. The van der Waals surface area contributed by atoms with Crippen molar-refractivity contribution < 1.29 is 14.4 Å². The van der Waals surface area contributed by atoms with E-state index in [4.69, 9.17) is 7.85 Å². The van der Waals surface area contributed by atoms with Gasteiger partial charge in [-0.3, -0.25) is 14.5 Å². The van der Waals surface area contributed by atoms with Crippen LogP contribution in [0.4, 0.5) is 0 Å². The molecule has 1 saturated heterocycles. The van der Waals surface area contributed by atoms with Crippen LogP contribution in [0.5, 0.6) is 0 Å². The molecule has 0 aromatic rings. The maximum Gasteiger partial charge on any atom is 0.232 e. The summed E-state index contributed by atoms with van der Waals surface area (Å²) in [6.07, 6.45) is 0.959. The van der Waals surface area contributed by atoms with Crippen LogP contribution in [0.1, 0.15) is 26.2 Å². The largest absolute Gasteiger partial charge is 0.313 e. The number of carbonyl (C=O) groups is 3. The normalized spacial score (nSPS) is 21.8. The van der Waals surface area contributed by atoms with Crippen LogP contribution in [0.25, 0.3) is 0 Å². The lowest BCUT2D eigenvalue weighted by Crippen LogP contribution is -2.31. The Balaban J connectivity index is 2.41. The highest BCUT2D eigenvalue weighted by molar-refractivity contribution is 6.57. The minimum Gasteiger partial charge on any atom is -0.313 e. The van der Waals surface area contributed by atoms with E-state index < -0.39 is 5.68 Å². The van der Waals surface area contributed by atoms with Gasteiger partial charge in [0.1, 0.15) is 0 Å². The van der Waals surface area contributed by atoms with Crippen LogP contribution < -0.4 is 0 Å². The fraction of sp³-hybridized carbons (Fsp3) is 0.667. The summed E-state index contributed by atoms with van der Waals surface area (Å²) in [5, 5.41) is 0. The fourth-order valence-electron chi connectivity index (χ4n) is 1.49. The predicted molar refractivity (Wildman–Crippen MR) is 50.5 cm³/mol. The van der Waals surface area contributed by atoms with Gasteiger partial charge in [-0.15, -0.1) is 0 Å². The van der Waals surface area contributed by atoms with E-state index in [2.05, 4.69) is 0 Å². The lowest BCUT2D eigenvalue weighted by atomic mass is 9.98. The maximum atomic E-state index is 11.4. The van der Waals surface area contributed by atoms with Crippen LogP contribution in [0, 0.1) is 5.92 Å². The van der Waals surface area contributed by atoms with E-state index in [9.17, 15) is 14.4 Å². The molecule has 0 bridgehead atoms. The minimum atomic E-state index is -0.405. The molecule has 0 N–H and O–H groups in total. The third kappa shape index (κ3) is 2.43. The molecule has 0 aromatic heterocycles. The van der Waals surface area contributed by atoms with Crippen molar-refractivity contribution in [2.45, 2.75) is 26.2 Å². The lowest BCUT2D eigenvalue weighted by molar-refractivity contribution is -0.139. The zero-order valence-corrected chi connectivity index (χ0v) is 8.16. The molecule has 1 fully saturated rings. The Bertz CT molecular complexity index is 277. The quantitative estimate of drug-likeness (QED) is 0.461. The lowest BCUT2D eigenvalue weighted by Gasteiger charge is -2.13. The first-order valence-corrected chi connectivity index (χ1v) is 4.65. The first-order valence-electron chi connectivity index (χ1n) is 4.65. The molecule has 0 saturated carbocycles. The molecule has 2 radical (unpaired) electrons. The summed E-state index contributed by atoms with van der Waals surface area (Å²) in [6, 6.07) is 0. The smallest absolute Gasteiger partial charge is 0.232 e. The first-order chi connectivity index (χ1) is 6.52. The molecular formula is C9H12BNO3. The first kappa shape index (κ1) is 11.0. The van der Waals surface area contributed by atoms with Gasteiger partial charge in [0.25, 0.3) is 0 Å². The van der Waals surface area contributed by atoms with Gasteiger partial charge in [-0.25, -0.2) is 0 Å². The van der Waals surface area contributed by atoms with E-state index >= 15 is 0 Å². The van der Waals surface area contributed by atoms with Gasteiger partial charge < -0.3 is 4.79 Å². The number of carbonyl (C=O) groups excluding carboxylic acids is 3. The molecule has 14 heavy (non-hydrogen) atoms. The van der Waals surface area contributed by atoms with Crippen LogP contribution >= 0.6 is 0 Å². The number of hydrogen-bond acceptors (Lipinski definition) is 3. The Kier molecular flexibility index (Phi) is 3.44. The van der Waals surface area contributed by atoms with Gasteiger partial charge in [-0.2, -0.15) is 0 Å². The van der Waals surface area contributed by atoms with Crippen molar-refractivity contribution in [1.82, 2.24) is 4.90 Å². The summed E-state index contributed by atoms with van der Waals surface area (Å²) in [4.78, 5) is 34.3. The van der Waals surface area contributed by atoms with Crippen molar-refractivity contribution in [3.05, 3.63) is 0 Å². The molecule has 0 aliphatic carbocycles. The van der Waals surface area contributed by atoms with Crippen LogP contribution in [-0.4, -0.2) is 36.8 Å². The van der Waals surface area contributed by atoms with E-state index in [-0.39, 0.29) is 30.6 Å². The van der Waals surface area contributed by atoms with Crippen molar-refractivity contribution in [3.63, 3.8) is 0 Å². The SMILES string of the molecule is [B]C(=O)CCCN1C(=O)CC(C)C1=O. The Morgan fingerprint density at radius 1 is 1.57 bits per heavy atom. The number of nitrogens with zero attached hydrogens (tertiary/aromatic N) is 1. The van der Waals surface area contributed by atoms with E-state index in [1.165, 1.54) is 4.90 Å². The maximum absolute atomic E-state index is 11.4. The van der Waals surface area contributed by atoms with Crippen molar-refractivity contribution in [2.75, 3.05) is 6.54 Å². The monoisotopic (exact) mass is 193 g/mol. The highest BCUT2D eigenvalue weighted by Gasteiger charge is 2.34. The van der Waals surface area contributed by atoms with Gasteiger partial charge in [0.05, 0.1) is 5.68 Å². The Morgan fingerprint density at radius 2 is 2.21 bits per heavy atom. The molecule has 0 spiro atoms. The van der Waals surface area contributed by atoms with Crippen molar-refractivity contribution in [1.29, 1.82) is 0 Å². The van der Waals surface area contributed by atoms with Gasteiger partial charge in [-0.1, -0.05) is 6.92 Å². The Hall–Kier alpha value is -1.13. The van der Waals surface area contributed by atoms with Crippen molar-refractivity contribution in [3.8, 4) is 0 Å². The molecule has 1 atom stereocenters. The van der Waals surface area contributed by atoms with E-state index in [0.29, 0.717) is 13.0 Å². The molecule has 4 nitrogen and oxygen atoms in total. The summed E-state index contributed by atoms with van der Waals surface area (Å²) < 4.78 is 0. The Morgan fingerprint density at radius 3 is 2.64 bits per heavy atom. The summed E-state index contributed by atoms with van der Waals surface area (Å²) in [7, 11) is 4.95. The number of likely N-dealkylation sites (tertiary alicyclic amines) is 1. The molecule has 2 amide bonds. The highest BCUT2D eigenvalue weighted by atomic mass is 16.2. The highest BCUT2D eigenvalue weighted by Crippen LogP contribution is 2.18.